The average Bonchev–Trinajstić information content (AvgIpc) is 2.46. The Kier molecular flexibility index (Phi) is 4.81. The fourth-order valence-corrected chi connectivity index (χ4v) is 3.28. The van der Waals surface area contributed by atoms with Gasteiger partial charge in [0.25, 0.3) is 0 Å². The minimum Gasteiger partial charge on any atom is -0.496 e. The summed E-state index contributed by atoms with van der Waals surface area (Å²) in [7, 11) is 1.57. The average molecular weight is 265 g/mol. The summed E-state index contributed by atoms with van der Waals surface area (Å²) >= 11 is 0. The third-order valence-corrected chi connectivity index (χ3v) is 4.47. The van der Waals surface area contributed by atoms with Crippen LogP contribution in [0.15, 0.2) is 18.2 Å². The maximum absolute atomic E-state index is 14.1. The molecule has 3 unspecified atom stereocenters. The van der Waals surface area contributed by atoms with Gasteiger partial charge >= 0.3 is 0 Å². The molecule has 1 aliphatic carbocycles. The third kappa shape index (κ3) is 3.08. The molecule has 1 aromatic carbocycles. The number of benzene rings is 1. The first-order valence-electron chi connectivity index (χ1n) is 7.25. The molecule has 0 aliphatic heterocycles. The molecular formula is C16H24FNO. The fraction of sp³-hybridized carbons (Fsp3) is 0.625. The number of methoxy groups -OCH3 is 1. The van der Waals surface area contributed by atoms with Crippen LogP contribution in [0.5, 0.6) is 5.75 Å². The first kappa shape index (κ1) is 14.3. The maximum Gasteiger partial charge on any atom is 0.131 e. The first-order valence-corrected chi connectivity index (χ1v) is 7.25. The molecule has 3 heteroatoms. The predicted molar refractivity (Wildman–Crippen MR) is 75.6 cm³/mol. The van der Waals surface area contributed by atoms with Gasteiger partial charge in [-0.3, -0.25) is 0 Å². The zero-order valence-electron chi connectivity index (χ0n) is 11.9. The van der Waals surface area contributed by atoms with Gasteiger partial charge in [-0.1, -0.05) is 32.3 Å². The first-order chi connectivity index (χ1) is 9.17. The van der Waals surface area contributed by atoms with Gasteiger partial charge in [-0.15, -0.1) is 0 Å². The van der Waals surface area contributed by atoms with Crippen molar-refractivity contribution in [2.24, 2.45) is 17.6 Å². The summed E-state index contributed by atoms with van der Waals surface area (Å²) in [5, 5.41) is 0. The molecule has 106 valence electrons. The quantitative estimate of drug-likeness (QED) is 0.891. The normalized spacial score (nSPS) is 25.1. The van der Waals surface area contributed by atoms with Crippen LogP contribution in [0.25, 0.3) is 0 Å². The van der Waals surface area contributed by atoms with Gasteiger partial charge in [-0.25, -0.2) is 4.39 Å². The van der Waals surface area contributed by atoms with Crippen LogP contribution < -0.4 is 10.5 Å². The van der Waals surface area contributed by atoms with Gasteiger partial charge in [0.2, 0.25) is 0 Å². The van der Waals surface area contributed by atoms with Gasteiger partial charge in [0.1, 0.15) is 11.6 Å². The molecule has 0 spiro atoms. The molecule has 1 aliphatic rings. The highest BCUT2D eigenvalue weighted by Gasteiger charge is 2.29. The van der Waals surface area contributed by atoms with Crippen molar-refractivity contribution in [2.45, 2.75) is 45.1 Å². The Morgan fingerprint density at radius 1 is 1.42 bits per heavy atom. The van der Waals surface area contributed by atoms with Crippen LogP contribution >= 0.6 is 0 Å². The van der Waals surface area contributed by atoms with Gasteiger partial charge in [-0.05, 0) is 36.8 Å². The minimum atomic E-state index is -0.259. The Labute approximate surface area is 115 Å². The molecule has 0 aromatic heterocycles. The largest absolute Gasteiger partial charge is 0.496 e. The zero-order chi connectivity index (χ0) is 13.8. The van der Waals surface area contributed by atoms with Gasteiger partial charge in [-0.2, -0.15) is 0 Å². The molecule has 1 aromatic rings. The Morgan fingerprint density at radius 3 is 2.89 bits per heavy atom. The van der Waals surface area contributed by atoms with Crippen molar-refractivity contribution in [3.63, 3.8) is 0 Å². The van der Waals surface area contributed by atoms with E-state index in [0.717, 1.165) is 18.8 Å². The minimum absolute atomic E-state index is 0.245. The molecule has 1 saturated carbocycles. The lowest BCUT2D eigenvalue weighted by molar-refractivity contribution is 0.225. The number of hydrogen-bond acceptors (Lipinski definition) is 2. The smallest absolute Gasteiger partial charge is 0.131 e. The van der Waals surface area contributed by atoms with Gasteiger partial charge in [0, 0.05) is 11.6 Å². The highest BCUT2D eigenvalue weighted by atomic mass is 19.1. The van der Waals surface area contributed by atoms with E-state index in [9.17, 15) is 4.39 Å². The van der Waals surface area contributed by atoms with Crippen molar-refractivity contribution in [2.75, 3.05) is 7.11 Å². The third-order valence-electron chi connectivity index (χ3n) is 4.47. The number of rotatable bonds is 4. The molecule has 0 bridgehead atoms. The van der Waals surface area contributed by atoms with Crippen molar-refractivity contribution in [3.8, 4) is 5.75 Å². The summed E-state index contributed by atoms with van der Waals surface area (Å²) in [6.07, 6.45) is 5.88. The highest BCUT2D eigenvalue weighted by molar-refractivity contribution is 5.37. The Morgan fingerprint density at radius 2 is 2.21 bits per heavy atom. The van der Waals surface area contributed by atoms with Crippen molar-refractivity contribution in [1.82, 2.24) is 0 Å². The van der Waals surface area contributed by atoms with E-state index in [1.165, 1.54) is 25.3 Å². The number of halogens is 1. The lowest BCUT2D eigenvalue weighted by Crippen LogP contribution is -2.28. The van der Waals surface area contributed by atoms with Crippen LogP contribution in [0.1, 0.15) is 50.6 Å². The lowest BCUT2D eigenvalue weighted by Gasteiger charge is -2.33. The molecule has 2 nitrogen and oxygen atoms in total. The van der Waals surface area contributed by atoms with Crippen molar-refractivity contribution in [3.05, 3.63) is 29.6 Å². The molecule has 19 heavy (non-hydrogen) atoms. The van der Waals surface area contributed by atoms with E-state index in [4.69, 9.17) is 10.5 Å². The van der Waals surface area contributed by atoms with Crippen LogP contribution in [0.3, 0.4) is 0 Å². The Hall–Kier alpha value is -1.09. The van der Waals surface area contributed by atoms with E-state index in [1.54, 1.807) is 19.2 Å². The summed E-state index contributed by atoms with van der Waals surface area (Å²) in [5.41, 5.74) is 6.89. The van der Waals surface area contributed by atoms with Crippen LogP contribution in [0.4, 0.5) is 4.39 Å². The molecule has 0 radical (unpaired) electrons. The van der Waals surface area contributed by atoms with Gasteiger partial charge in [0.05, 0.1) is 7.11 Å². The van der Waals surface area contributed by atoms with Gasteiger partial charge in [0.15, 0.2) is 0 Å². The van der Waals surface area contributed by atoms with E-state index < -0.39 is 0 Å². The molecule has 0 amide bonds. The summed E-state index contributed by atoms with van der Waals surface area (Å²) < 4.78 is 19.3. The van der Waals surface area contributed by atoms with E-state index >= 15 is 0 Å². The van der Waals surface area contributed by atoms with E-state index in [0.29, 0.717) is 17.2 Å². The topological polar surface area (TPSA) is 35.2 Å². The van der Waals surface area contributed by atoms with Crippen LogP contribution in [-0.2, 0) is 0 Å². The van der Waals surface area contributed by atoms with E-state index in [2.05, 4.69) is 6.92 Å². The molecule has 2 N–H and O–H groups in total. The molecule has 0 saturated heterocycles. The maximum atomic E-state index is 14.1. The van der Waals surface area contributed by atoms with Crippen LogP contribution in [-0.4, -0.2) is 7.11 Å². The summed E-state index contributed by atoms with van der Waals surface area (Å²) in [5.74, 6) is 1.43. The fourth-order valence-electron chi connectivity index (χ4n) is 3.28. The monoisotopic (exact) mass is 265 g/mol. The summed E-state index contributed by atoms with van der Waals surface area (Å²) in [6, 6.07) is 4.67. The lowest BCUT2D eigenvalue weighted by atomic mass is 9.75. The number of ether oxygens (including phenoxy) is 1. The molecule has 0 heterocycles. The zero-order valence-corrected chi connectivity index (χ0v) is 11.9. The van der Waals surface area contributed by atoms with Crippen molar-refractivity contribution < 1.29 is 9.13 Å². The SMILES string of the molecule is CCC1CCCC(C(N)c2c(F)cccc2OC)C1. The highest BCUT2D eigenvalue weighted by Crippen LogP contribution is 2.40. The predicted octanol–water partition coefficient (Wildman–Crippen LogP) is 4.05. The second-order valence-corrected chi connectivity index (χ2v) is 5.58. The second-order valence-electron chi connectivity index (χ2n) is 5.58. The molecule has 1 fully saturated rings. The van der Waals surface area contributed by atoms with Crippen LogP contribution in [0.2, 0.25) is 0 Å². The van der Waals surface area contributed by atoms with E-state index in [1.807, 2.05) is 0 Å². The van der Waals surface area contributed by atoms with Gasteiger partial charge < -0.3 is 10.5 Å². The summed E-state index contributed by atoms with van der Waals surface area (Å²) in [4.78, 5) is 0. The Balaban J connectivity index is 2.21. The van der Waals surface area contributed by atoms with Crippen LogP contribution in [0, 0.1) is 17.7 Å². The second kappa shape index (κ2) is 6.38. The standard InChI is InChI=1S/C16H24FNO/c1-3-11-6-4-7-12(10-11)16(18)15-13(17)8-5-9-14(15)19-2/h5,8-9,11-12,16H,3-4,6-7,10,18H2,1-2H3. The Bertz CT molecular complexity index is 421. The number of hydrogen-bond donors (Lipinski definition) is 1. The molecule has 3 atom stereocenters. The molecule has 2 rings (SSSR count). The summed E-state index contributed by atoms with van der Waals surface area (Å²) in [6.45, 7) is 2.22. The molecular weight excluding hydrogens is 241 g/mol. The van der Waals surface area contributed by atoms with Crippen molar-refractivity contribution >= 4 is 0 Å². The van der Waals surface area contributed by atoms with E-state index in [-0.39, 0.29) is 11.9 Å². The van der Waals surface area contributed by atoms with Crippen molar-refractivity contribution in [1.29, 1.82) is 0 Å². The number of nitrogens with two attached hydrogens (primary N) is 1.